The number of nitrogens with zero attached hydrogens (tertiary/aromatic N) is 5. The summed E-state index contributed by atoms with van der Waals surface area (Å²) in [5, 5.41) is 16.0. The van der Waals surface area contributed by atoms with Crippen molar-refractivity contribution in [3.63, 3.8) is 0 Å². The number of likely N-dealkylation sites (N-methyl/N-ethyl adjacent to an activating group) is 1. The SMILES string of the molecule is CN(Cc1ccccc1)C(=O)CNc1ccc2nnc(-c3ccccc3)n2n1. The molecule has 28 heavy (non-hydrogen) atoms. The van der Waals surface area contributed by atoms with Crippen molar-refractivity contribution in [2.24, 2.45) is 0 Å². The van der Waals surface area contributed by atoms with E-state index in [2.05, 4.69) is 20.6 Å². The Morgan fingerprint density at radius 3 is 2.43 bits per heavy atom. The zero-order valence-electron chi connectivity index (χ0n) is 15.5. The predicted octanol–water partition coefficient (Wildman–Crippen LogP) is 2.86. The summed E-state index contributed by atoms with van der Waals surface area (Å²) in [4.78, 5) is 14.1. The topological polar surface area (TPSA) is 75.4 Å². The van der Waals surface area contributed by atoms with Gasteiger partial charge >= 0.3 is 0 Å². The fourth-order valence-electron chi connectivity index (χ4n) is 2.90. The number of fused-ring (bicyclic) bond motifs is 1. The summed E-state index contributed by atoms with van der Waals surface area (Å²) in [7, 11) is 1.79. The van der Waals surface area contributed by atoms with E-state index in [4.69, 9.17) is 0 Å². The fourth-order valence-corrected chi connectivity index (χ4v) is 2.90. The molecular formula is C21H20N6O. The van der Waals surface area contributed by atoms with Crippen LogP contribution < -0.4 is 5.32 Å². The number of hydrogen-bond donors (Lipinski definition) is 1. The predicted molar refractivity (Wildman–Crippen MR) is 108 cm³/mol. The third kappa shape index (κ3) is 3.83. The van der Waals surface area contributed by atoms with Gasteiger partial charge in [-0.3, -0.25) is 4.79 Å². The zero-order chi connectivity index (χ0) is 19.3. The first-order valence-electron chi connectivity index (χ1n) is 9.00. The van der Waals surface area contributed by atoms with E-state index in [1.807, 2.05) is 66.7 Å². The first-order valence-corrected chi connectivity index (χ1v) is 9.00. The van der Waals surface area contributed by atoms with E-state index in [1.165, 1.54) is 0 Å². The lowest BCUT2D eigenvalue weighted by molar-refractivity contribution is -0.128. The molecule has 0 bridgehead atoms. The number of carbonyl (C=O) groups excluding carboxylic acids is 1. The molecule has 0 aliphatic rings. The van der Waals surface area contributed by atoms with Gasteiger partial charge in [-0.1, -0.05) is 60.7 Å². The maximum absolute atomic E-state index is 12.4. The van der Waals surface area contributed by atoms with E-state index in [-0.39, 0.29) is 12.5 Å². The highest BCUT2D eigenvalue weighted by Crippen LogP contribution is 2.17. The van der Waals surface area contributed by atoms with E-state index < -0.39 is 0 Å². The van der Waals surface area contributed by atoms with Crippen LogP contribution in [0, 0.1) is 0 Å². The molecule has 0 saturated heterocycles. The van der Waals surface area contributed by atoms with Gasteiger partial charge in [-0.25, -0.2) is 0 Å². The molecule has 0 unspecified atom stereocenters. The molecule has 0 fully saturated rings. The van der Waals surface area contributed by atoms with Crippen LogP contribution >= 0.6 is 0 Å². The molecule has 0 radical (unpaired) electrons. The summed E-state index contributed by atoms with van der Waals surface area (Å²) in [6, 6.07) is 23.3. The van der Waals surface area contributed by atoms with E-state index in [1.54, 1.807) is 22.5 Å². The molecule has 2 aromatic carbocycles. The molecule has 0 spiro atoms. The van der Waals surface area contributed by atoms with Crippen LogP contribution in [-0.2, 0) is 11.3 Å². The molecule has 4 aromatic rings. The number of carbonyl (C=O) groups is 1. The third-order valence-electron chi connectivity index (χ3n) is 4.40. The molecule has 0 saturated carbocycles. The van der Waals surface area contributed by atoms with Gasteiger partial charge in [0.2, 0.25) is 5.91 Å². The molecule has 0 aliphatic heterocycles. The van der Waals surface area contributed by atoms with Crippen molar-refractivity contribution >= 4 is 17.4 Å². The van der Waals surface area contributed by atoms with Crippen molar-refractivity contribution in [3.05, 3.63) is 78.4 Å². The second-order valence-electron chi connectivity index (χ2n) is 6.47. The van der Waals surface area contributed by atoms with Crippen molar-refractivity contribution < 1.29 is 4.79 Å². The Hall–Kier alpha value is -3.74. The molecule has 4 rings (SSSR count). The molecular weight excluding hydrogens is 352 g/mol. The number of aromatic nitrogens is 4. The standard InChI is InChI=1S/C21H20N6O/c1-26(15-16-8-4-2-5-9-16)20(28)14-22-18-12-13-19-23-24-21(27(19)25-18)17-10-6-3-7-11-17/h2-13H,14-15H2,1H3,(H,22,25). The van der Waals surface area contributed by atoms with Crippen LogP contribution in [0.4, 0.5) is 5.82 Å². The number of anilines is 1. The van der Waals surface area contributed by atoms with Gasteiger partial charge in [0.15, 0.2) is 11.5 Å². The maximum atomic E-state index is 12.4. The second kappa shape index (κ2) is 7.87. The monoisotopic (exact) mass is 372 g/mol. The van der Waals surface area contributed by atoms with Crippen LogP contribution in [-0.4, -0.2) is 44.2 Å². The smallest absolute Gasteiger partial charge is 0.241 e. The van der Waals surface area contributed by atoms with Crippen LogP contribution in [0.1, 0.15) is 5.56 Å². The summed E-state index contributed by atoms with van der Waals surface area (Å²) in [5.41, 5.74) is 2.67. The molecule has 7 heteroatoms. The van der Waals surface area contributed by atoms with Crippen molar-refractivity contribution in [1.29, 1.82) is 0 Å². The van der Waals surface area contributed by atoms with E-state index >= 15 is 0 Å². The van der Waals surface area contributed by atoms with Gasteiger partial charge in [-0.05, 0) is 17.7 Å². The van der Waals surface area contributed by atoms with Gasteiger partial charge in [0.25, 0.3) is 0 Å². The minimum absolute atomic E-state index is 0.0159. The van der Waals surface area contributed by atoms with Gasteiger partial charge in [0.1, 0.15) is 5.82 Å². The lowest BCUT2D eigenvalue weighted by atomic mass is 10.2. The van der Waals surface area contributed by atoms with Crippen LogP contribution in [0.2, 0.25) is 0 Å². The molecule has 0 aliphatic carbocycles. The van der Waals surface area contributed by atoms with Gasteiger partial charge in [-0.15, -0.1) is 15.3 Å². The number of rotatable bonds is 6. The lowest BCUT2D eigenvalue weighted by Crippen LogP contribution is -2.32. The Bertz CT molecular complexity index is 1080. The minimum atomic E-state index is -0.0159. The largest absolute Gasteiger partial charge is 0.360 e. The highest BCUT2D eigenvalue weighted by atomic mass is 16.2. The third-order valence-corrected chi connectivity index (χ3v) is 4.40. The first kappa shape index (κ1) is 17.7. The highest BCUT2D eigenvalue weighted by molar-refractivity contribution is 5.80. The summed E-state index contributed by atoms with van der Waals surface area (Å²) in [6.07, 6.45) is 0. The zero-order valence-corrected chi connectivity index (χ0v) is 15.5. The van der Waals surface area contributed by atoms with Crippen molar-refractivity contribution in [1.82, 2.24) is 24.7 Å². The van der Waals surface area contributed by atoms with E-state index in [0.29, 0.717) is 23.8 Å². The molecule has 2 heterocycles. The fraction of sp³-hybridized carbons (Fsp3) is 0.143. The van der Waals surface area contributed by atoms with Gasteiger partial charge in [0, 0.05) is 19.2 Å². The van der Waals surface area contributed by atoms with Crippen LogP contribution in [0.3, 0.4) is 0 Å². The molecule has 2 aromatic heterocycles. The summed E-state index contributed by atoms with van der Waals surface area (Å²) in [6.45, 7) is 0.724. The number of amides is 1. The normalized spacial score (nSPS) is 10.8. The minimum Gasteiger partial charge on any atom is -0.360 e. The Balaban J connectivity index is 1.45. The van der Waals surface area contributed by atoms with Gasteiger partial charge < -0.3 is 10.2 Å². The Kier molecular flexibility index (Phi) is 4.97. The van der Waals surface area contributed by atoms with Gasteiger partial charge in [-0.2, -0.15) is 4.52 Å². The summed E-state index contributed by atoms with van der Waals surface area (Å²) in [5.74, 6) is 1.23. The van der Waals surface area contributed by atoms with Crippen molar-refractivity contribution in [3.8, 4) is 11.4 Å². The Morgan fingerprint density at radius 2 is 1.68 bits per heavy atom. The first-order chi connectivity index (χ1) is 13.7. The average Bonchev–Trinajstić information content (AvgIpc) is 3.16. The summed E-state index contributed by atoms with van der Waals surface area (Å²) >= 11 is 0. The highest BCUT2D eigenvalue weighted by Gasteiger charge is 2.12. The molecule has 0 atom stereocenters. The maximum Gasteiger partial charge on any atom is 0.241 e. The molecule has 1 amide bonds. The van der Waals surface area contributed by atoms with E-state index in [0.717, 1.165) is 11.1 Å². The Morgan fingerprint density at radius 1 is 0.964 bits per heavy atom. The quantitative estimate of drug-likeness (QED) is 0.563. The number of hydrogen-bond acceptors (Lipinski definition) is 5. The van der Waals surface area contributed by atoms with Gasteiger partial charge in [0.05, 0.1) is 6.54 Å². The van der Waals surface area contributed by atoms with Crippen LogP contribution in [0.15, 0.2) is 72.8 Å². The number of benzene rings is 2. The molecule has 140 valence electrons. The van der Waals surface area contributed by atoms with E-state index in [9.17, 15) is 4.79 Å². The summed E-state index contributed by atoms with van der Waals surface area (Å²) < 4.78 is 1.68. The number of nitrogens with one attached hydrogen (secondary N) is 1. The van der Waals surface area contributed by atoms with Crippen molar-refractivity contribution in [2.45, 2.75) is 6.54 Å². The van der Waals surface area contributed by atoms with Crippen LogP contribution in [0.5, 0.6) is 0 Å². The second-order valence-corrected chi connectivity index (χ2v) is 6.47. The van der Waals surface area contributed by atoms with Crippen molar-refractivity contribution in [2.75, 3.05) is 18.9 Å². The lowest BCUT2D eigenvalue weighted by Gasteiger charge is -2.17. The molecule has 7 nitrogen and oxygen atoms in total. The Labute approximate surface area is 162 Å². The average molecular weight is 372 g/mol. The molecule has 1 N–H and O–H groups in total. The van der Waals surface area contributed by atoms with Crippen LogP contribution in [0.25, 0.3) is 17.0 Å².